The summed E-state index contributed by atoms with van der Waals surface area (Å²) in [6.45, 7) is 1.48. The Kier molecular flexibility index (Phi) is 3.78. The van der Waals surface area contributed by atoms with Crippen molar-refractivity contribution in [2.45, 2.75) is 6.92 Å². The molecule has 0 saturated heterocycles. The molecule has 0 amide bonds. The number of ketones is 1. The average molecular weight is 258 g/mol. The van der Waals surface area contributed by atoms with Crippen LogP contribution in [0.2, 0.25) is 0 Å². The van der Waals surface area contributed by atoms with Crippen molar-refractivity contribution in [2.75, 3.05) is 0 Å². The van der Waals surface area contributed by atoms with Crippen LogP contribution in [-0.4, -0.2) is 22.9 Å². The van der Waals surface area contributed by atoms with Gasteiger partial charge in [0, 0.05) is 11.0 Å². The highest BCUT2D eigenvalue weighted by molar-refractivity contribution is 6.58. The van der Waals surface area contributed by atoms with Gasteiger partial charge in [-0.15, -0.1) is 0 Å². The lowest BCUT2D eigenvalue weighted by molar-refractivity contribution is 0.101. The Morgan fingerprint density at radius 3 is 2.16 bits per heavy atom. The Labute approximate surface area is 110 Å². The van der Waals surface area contributed by atoms with E-state index in [9.17, 15) is 9.18 Å². The van der Waals surface area contributed by atoms with E-state index in [1.807, 2.05) is 0 Å². The molecule has 0 atom stereocenters. The standard InChI is InChI=1S/C14H12BFO3/c1-9(17)10-2-4-11(5-3-10)12-6-7-14(16)13(8-12)15(18)19/h2-8,18-19H,1H3. The fraction of sp³-hybridized carbons (Fsp3) is 0.0714. The molecule has 19 heavy (non-hydrogen) atoms. The number of benzene rings is 2. The maximum atomic E-state index is 13.3. The second-order valence-electron chi connectivity index (χ2n) is 4.24. The van der Waals surface area contributed by atoms with Crippen LogP contribution in [0.4, 0.5) is 4.39 Å². The molecular weight excluding hydrogens is 246 g/mol. The average Bonchev–Trinajstić information content (AvgIpc) is 2.39. The van der Waals surface area contributed by atoms with Crippen LogP contribution in [0.15, 0.2) is 42.5 Å². The maximum absolute atomic E-state index is 13.3. The summed E-state index contributed by atoms with van der Waals surface area (Å²) in [5.41, 5.74) is 1.84. The van der Waals surface area contributed by atoms with E-state index in [0.29, 0.717) is 11.1 Å². The van der Waals surface area contributed by atoms with Crippen molar-refractivity contribution in [3.63, 3.8) is 0 Å². The molecule has 0 spiro atoms. The smallest absolute Gasteiger partial charge is 0.423 e. The van der Waals surface area contributed by atoms with Gasteiger partial charge in [0.25, 0.3) is 0 Å². The van der Waals surface area contributed by atoms with Crippen molar-refractivity contribution in [1.29, 1.82) is 0 Å². The van der Waals surface area contributed by atoms with Gasteiger partial charge in [0.2, 0.25) is 0 Å². The van der Waals surface area contributed by atoms with Crippen molar-refractivity contribution in [1.82, 2.24) is 0 Å². The van der Waals surface area contributed by atoms with Gasteiger partial charge in [0.05, 0.1) is 0 Å². The highest BCUT2D eigenvalue weighted by atomic mass is 19.1. The van der Waals surface area contributed by atoms with Crippen LogP contribution in [0.25, 0.3) is 11.1 Å². The molecule has 0 heterocycles. The van der Waals surface area contributed by atoms with E-state index in [2.05, 4.69) is 0 Å². The van der Waals surface area contributed by atoms with Gasteiger partial charge in [-0.05, 0) is 24.1 Å². The summed E-state index contributed by atoms with van der Waals surface area (Å²) in [5.74, 6) is -0.698. The van der Waals surface area contributed by atoms with Gasteiger partial charge in [0.15, 0.2) is 5.78 Å². The van der Waals surface area contributed by atoms with Gasteiger partial charge in [-0.1, -0.05) is 36.4 Å². The van der Waals surface area contributed by atoms with E-state index >= 15 is 0 Å². The van der Waals surface area contributed by atoms with Gasteiger partial charge in [0.1, 0.15) is 5.82 Å². The van der Waals surface area contributed by atoms with Crippen molar-refractivity contribution >= 4 is 18.4 Å². The van der Waals surface area contributed by atoms with E-state index in [0.717, 1.165) is 5.56 Å². The molecule has 3 nitrogen and oxygen atoms in total. The van der Waals surface area contributed by atoms with Gasteiger partial charge >= 0.3 is 7.12 Å². The predicted octanol–water partition coefficient (Wildman–Crippen LogP) is 1.38. The van der Waals surface area contributed by atoms with Crippen molar-refractivity contribution in [3.8, 4) is 11.1 Å². The SMILES string of the molecule is CC(=O)c1ccc(-c2ccc(F)c(B(O)O)c2)cc1. The van der Waals surface area contributed by atoms with Crippen molar-refractivity contribution in [2.24, 2.45) is 0 Å². The molecule has 0 bridgehead atoms. The summed E-state index contributed by atoms with van der Waals surface area (Å²) in [5, 5.41) is 18.1. The van der Waals surface area contributed by atoms with Crippen molar-refractivity contribution in [3.05, 3.63) is 53.8 Å². The Hall–Kier alpha value is -1.98. The van der Waals surface area contributed by atoms with Gasteiger partial charge < -0.3 is 10.0 Å². The molecule has 2 rings (SSSR count). The van der Waals surface area contributed by atoms with E-state index in [4.69, 9.17) is 10.0 Å². The zero-order valence-corrected chi connectivity index (χ0v) is 10.3. The zero-order valence-electron chi connectivity index (χ0n) is 10.3. The highest BCUT2D eigenvalue weighted by Crippen LogP contribution is 2.19. The number of hydrogen-bond acceptors (Lipinski definition) is 3. The van der Waals surface area contributed by atoms with Crippen LogP contribution in [0.1, 0.15) is 17.3 Å². The second-order valence-corrected chi connectivity index (χ2v) is 4.24. The Morgan fingerprint density at radius 1 is 1.05 bits per heavy atom. The number of Topliss-reactive ketones (excluding diaryl/α,β-unsaturated/α-hetero) is 1. The molecule has 0 unspecified atom stereocenters. The Balaban J connectivity index is 2.41. The molecule has 96 valence electrons. The van der Waals surface area contributed by atoms with Gasteiger partial charge in [-0.3, -0.25) is 4.79 Å². The lowest BCUT2D eigenvalue weighted by Gasteiger charge is -2.07. The Bertz CT molecular complexity index is 609. The number of halogens is 1. The fourth-order valence-corrected chi connectivity index (χ4v) is 1.82. The molecule has 2 aromatic carbocycles. The summed E-state index contributed by atoms with van der Waals surface area (Å²) in [6, 6.07) is 10.9. The van der Waals surface area contributed by atoms with Crippen LogP contribution in [0, 0.1) is 5.82 Å². The quantitative estimate of drug-likeness (QED) is 0.645. The first-order valence-electron chi connectivity index (χ1n) is 5.76. The van der Waals surface area contributed by atoms with Gasteiger partial charge in [-0.2, -0.15) is 0 Å². The topological polar surface area (TPSA) is 57.5 Å². The summed E-state index contributed by atoms with van der Waals surface area (Å²) < 4.78 is 13.3. The molecule has 0 saturated carbocycles. The minimum Gasteiger partial charge on any atom is -0.423 e. The fourth-order valence-electron chi connectivity index (χ4n) is 1.82. The van der Waals surface area contributed by atoms with E-state index in [1.54, 1.807) is 30.3 Å². The lowest BCUT2D eigenvalue weighted by atomic mass is 9.78. The normalized spacial score (nSPS) is 10.3. The summed E-state index contributed by atoms with van der Waals surface area (Å²) >= 11 is 0. The molecule has 0 aliphatic rings. The molecule has 0 aliphatic carbocycles. The summed E-state index contributed by atoms with van der Waals surface area (Å²) in [7, 11) is -1.85. The highest BCUT2D eigenvalue weighted by Gasteiger charge is 2.17. The molecule has 5 heteroatoms. The third-order valence-electron chi connectivity index (χ3n) is 2.90. The molecule has 0 fully saturated rings. The molecule has 0 aromatic heterocycles. The predicted molar refractivity (Wildman–Crippen MR) is 71.7 cm³/mol. The zero-order chi connectivity index (χ0) is 14.0. The number of rotatable bonds is 3. The number of carbonyl (C=O) groups is 1. The first-order chi connectivity index (χ1) is 8.99. The molecule has 2 aromatic rings. The van der Waals surface area contributed by atoms with Crippen LogP contribution in [-0.2, 0) is 0 Å². The van der Waals surface area contributed by atoms with Crippen LogP contribution in [0.3, 0.4) is 0 Å². The van der Waals surface area contributed by atoms with E-state index in [1.165, 1.54) is 19.1 Å². The first kappa shape index (κ1) is 13.5. The van der Waals surface area contributed by atoms with E-state index in [-0.39, 0.29) is 11.2 Å². The molecular formula is C14H12BFO3. The van der Waals surface area contributed by atoms with Crippen LogP contribution < -0.4 is 5.46 Å². The monoisotopic (exact) mass is 258 g/mol. The van der Waals surface area contributed by atoms with Gasteiger partial charge in [-0.25, -0.2) is 4.39 Å². The van der Waals surface area contributed by atoms with E-state index < -0.39 is 12.9 Å². The molecule has 2 N–H and O–H groups in total. The third kappa shape index (κ3) is 2.89. The minimum absolute atomic E-state index is 0.0304. The second kappa shape index (κ2) is 5.34. The van der Waals surface area contributed by atoms with Crippen molar-refractivity contribution < 1.29 is 19.2 Å². The summed E-state index contributed by atoms with van der Waals surface area (Å²) in [4.78, 5) is 11.2. The minimum atomic E-state index is -1.85. The van der Waals surface area contributed by atoms with Crippen LogP contribution in [0.5, 0.6) is 0 Å². The summed E-state index contributed by atoms with van der Waals surface area (Å²) in [6.07, 6.45) is 0. The molecule has 0 aliphatic heterocycles. The van der Waals surface area contributed by atoms with Crippen LogP contribution >= 0.6 is 0 Å². The lowest BCUT2D eigenvalue weighted by Crippen LogP contribution is -2.32. The molecule has 0 radical (unpaired) electrons. The number of carbonyl (C=O) groups excluding carboxylic acids is 1. The first-order valence-corrected chi connectivity index (χ1v) is 5.76. The Morgan fingerprint density at radius 2 is 1.63 bits per heavy atom. The largest absolute Gasteiger partial charge is 0.491 e. The third-order valence-corrected chi connectivity index (χ3v) is 2.90. The number of hydrogen-bond donors (Lipinski definition) is 2. The maximum Gasteiger partial charge on any atom is 0.491 e.